The van der Waals surface area contributed by atoms with E-state index in [1.807, 2.05) is 31.2 Å². The van der Waals surface area contributed by atoms with Crippen molar-refractivity contribution in [2.24, 2.45) is 0 Å². The molecule has 0 atom stereocenters. The smallest absolute Gasteiger partial charge is 0.338 e. The summed E-state index contributed by atoms with van der Waals surface area (Å²) < 4.78 is 6.86. The average molecular weight is 365 g/mol. The lowest BCUT2D eigenvalue weighted by atomic mass is 10.2. The molecule has 0 bridgehead atoms. The monoisotopic (exact) mass is 365 g/mol. The van der Waals surface area contributed by atoms with E-state index in [-0.39, 0.29) is 12.2 Å². The van der Waals surface area contributed by atoms with Gasteiger partial charge in [0.1, 0.15) is 12.3 Å². The first-order chi connectivity index (χ1) is 13.0. The average Bonchev–Trinajstić information content (AvgIpc) is 2.67. The first kappa shape index (κ1) is 18.6. The highest BCUT2D eigenvalue weighted by molar-refractivity contribution is 5.89. The van der Waals surface area contributed by atoms with Crippen molar-refractivity contribution < 1.29 is 9.53 Å². The van der Waals surface area contributed by atoms with Crippen LogP contribution in [0.15, 0.2) is 53.3 Å². The molecule has 0 aliphatic rings. The van der Waals surface area contributed by atoms with Crippen molar-refractivity contribution >= 4 is 17.3 Å². The Bertz CT molecular complexity index is 1010. The van der Waals surface area contributed by atoms with Crippen molar-refractivity contribution in [2.75, 3.05) is 18.0 Å². The van der Waals surface area contributed by atoms with Gasteiger partial charge < -0.3 is 9.64 Å². The third-order valence-corrected chi connectivity index (χ3v) is 4.52. The van der Waals surface area contributed by atoms with Crippen LogP contribution in [-0.2, 0) is 11.3 Å². The van der Waals surface area contributed by atoms with Gasteiger partial charge in [-0.15, -0.1) is 0 Å². The Morgan fingerprint density at radius 2 is 1.81 bits per heavy atom. The van der Waals surface area contributed by atoms with Crippen LogP contribution in [0.4, 0.5) is 5.69 Å². The third-order valence-electron chi connectivity index (χ3n) is 4.52. The molecule has 3 aromatic rings. The number of benzene rings is 1. The van der Waals surface area contributed by atoms with Crippen molar-refractivity contribution in [3.8, 4) is 0 Å². The Morgan fingerprint density at radius 3 is 2.48 bits per heavy atom. The molecule has 6 nitrogen and oxygen atoms in total. The second kappa shape index (κ2) is 8.03. The fourth-order valence-corrected chi connectivity index (χ4v) is 3.06. The Morgan fingerprint density at radius 1 is 1.11 bits per heavy atom. The van der Waals surface area contributed by atoms with Crippen LogP contribution < -0.4 is 10.5 Å². The van der Waals surface area contributed by atoms with Crippen LogP contribution in [0, 0.1) is 6.92 Å². The molecular weight excluding hydrogens is 342 g/mol. The number of anilines is 1. The second-order valence-electron chi connectivity index (χ2n) is 6.24. The van der Waals surface area contributed by atoms with Crippen molar-refractivity contribution in [1.29, 1.82) is 0 Å². The summed E-state index contributed by atoms with van der Waals surface area (Å²) in [6.07, 6.45) is 0. The minimum absolute atomic E-state index is 0.0453. The molecule has 2 heterocycles. The summed E-state index contributed by atoms with van der Waals surface area (Å²) in [5.74, 6) is -0.438. The van der Waals surface area contributed by atoms with E-state index >= 15 is 0 Å². The molecule has 0 fully saturated rings. The predicted octanol–water partition coefficient (Wildman–Crippen LogP) is 3.21. The quantitative estimate of drug-likeness (QED) is 0.628. The van der Waals surface area contributed by atoms with Crippen LogP contribution in [0.2, 0.25) is 0 Å². The molecule has 0 spiro atoms. The van der Waals surface area contributed by atoms with E-state index in [0.29, 0.717) is 16.9 Å². The molecule has 0 N–H and O–H groups in total. The van der Waals surface area contributed by atoms with Crippen LogP contribution in [-0.4, -0.2) is 28.4 Å². The van der Waals surface area contributed by atoms with Gasteiger partial charge in [0.25, 0.3) is 5.56 Å². The summed E-state index contributed by atoms with van der Waals surface area (Å²) in [7, 11) is 0. The Kier molecular flexibility index (Phi) is 5.54. The number of aromatic nitrogens is 2. The summed E-state index contributed by atoms with van der Waals surface area (Å²) in [4.78, 5) is 31.2. The summed E-state index contributed by atoms with van der Waals surface area (Å²) in [5.41, 5.74) is 3.13. The maximum atomic E-state index is 12.3. The van der Waals surface area contributed by atoms with Crippen molar-refractivity contribution in [3.05, 3.63) is 75.8 Å². The molecule has 0 aliphatic carbocycles. The number of fused-ring (bicyclic) bond motifs is 1. The van der Waals surface area contributed by atoms with E-state index in [1.165, 1.54) is 10.5 Å². The predicted molar refractivity (Wildman–Crippen MR) is 105 cm³/mol. The minimum Gasteiger partial charge on any atom is -0.456 e. The van der Waals surface area contributed by atoms with E-state index in [0.717, 1.165) is 24.5 Å². The summed E-state index contributed by atoms with van der Waals surface area (Å²) in [6, 6.07) is 14.2. The summed E-state index contributed by atoms with van der Waals surface area (Å²) >= 11 is 0. The van der Waals surface area contributed by atoms with Gasteiger partial charge in [0.2, 0.25) is 0 Å². The number of aryl methyl sites for hydroxylation is 1. The molecule has 0 unspecified atom stereocenters. The zero-order valence-electron chi connectivity index (χ0n) is 15.8. The van der Waals surface area contributed by atoms with Crippen LogP contribution in [0.1, 0.15) is 35.6 Å². The van der Waals surface area contributed by atoms with Gasteiger partial charge in [0.15, 0.2) is 0 Å². The van der Waals surface area contributed by atoms with Gasteiger partial charge in [-0.05, 0) is 57.2 Å². The molecular formula is C21H23N3O3. The lowest BCUT2D eigenvalue weighted by Crippen LogP contribution is -2.21. The molecule has 140 valence electrons. The molecule has 0 amide bonds. The highest BCUT2D eigenvalue weighted by Gasteiger charge is 2.11. The minimum atomic E-state index is -0.438. The summed E-state index contributed by atoms with van der Waals surface area (Å²) in [5, 5.41) is 0. The topological polar surface area (TPSA) is 63.9 Å². The molecule has 6 heteroatoms. The maximum absolute atomic E-state index is 12.3. The number of hydrogen-bond donors (Lipinski definition) is 0. The molecule has 0 saturated carbocycles. The molecule has 1 aromatic carbocycles. The van der Waals surface area contributed by atoms with Crippen LogP contribution in [0.3, 0.4) is 0 Å². The number of esters is 1. The lowest BCUT2D eigenvalue weighted by molar-refractivity contribution is 0.0467. The van der Waals surface area contributed by atoms with Crippen LogP contribution >= 0.6 is 0 Å². The van der Waals surface area contributed by atoms with Gasteiger partial charge >= 0.3 is 5.97 Å². The standard InChI is InChI=1S/C21H23N3O3/c1-4-23(5-2)18-11-9-16(10-12-18)21(26)27-14-17-13-20(25)24-15(3)7-6-8-19(24)22-17/h6-13H,4-5,14H2,1-3H3. The second-order valence-corrected chi connectivity index (χ2v) is 6.24. The highest BCUT2D eigenvalue weighted by atomic mass is 16.5. The van der Waals surface area contributed by atoms with Crippen LogP contribution in [0.5, 0.6) is 0 Å². The van der Waals surface area contributed by atoms with Gasteiger partial charge in [0.05, 0.1) is 11.3 Å². The largest absolute Gasteiger partial charge is 0.456 e. The van der Waals surface area contributed by atoms with Crippen LogP contribution in [0.25, 0.3) is 5.65 Å². The van der Waals surface area contributed by atoms with Gasteiger partial charge in [0, 0.05) is 30.5 Å². The van der Waals surface area contributed by atoms with Crippen molar-refractivity contribution in [2.45, 2.75) is 27.4 Å². The number of carbonyl (C=O) groups excluding carboxylic acids is 1. The highest BCUT2D eigenvalue weighted by Crippen LogP contribution is 2.16. The molecule has 0 saturated heterocycles. The van der Waals surface area contributed by atoms with E-state index in [2.05, 4.69) is 23.7 Å². The number of nitrogens with zero attached hydrogens (tertiary/aromatic N) is 3. The normalized spacial score (nSPS) is 10.8. The number of hydrogen-bond acceptors (Lipinski definition) is 5. The lowest BCUT2D eigenvalue weighted by Gasteiger charge is -2.20. The van der Waals surface area contributed by atoms with Gasteiger partial charge in [-0.1, -0.05) is 6.07 Å². The third kappa shape index (κ3) is 4.00. The SMILES string of the molecule is CCN(CC)c1ccc(C(=O)OCc2cc(=O)n3c(C)cccc3n2)cc1. The van der Waals surface area contributed by atoms with E-state index in [1.54, 1.807) is 18.2 Å². The molecule has 3 rings (SSSR count). The van der Waals surface area contributed by atoms with Crippen molar-refractivity contribution in [3.63, 3.8) is 0 Å². The number of carbonyl (C=O) groups is 1. The number of rotatable bonds is 6. The molecule has 0 aliphatic heterocycles. The first-order valence-electron chi connectivity index (χ1n) is 9.04. The van der Waals surface area contributed by atoms with Crippen molar-refractivity contribution in [1.82, 2.24) is 9.38 Å². The Labute approximate surface area is 158 Å². The summed E-state index contributed by atoms with van der Waals surface area (Å²) in [6.45, 7) is 7.79. The van der Waals surface area contributed by atoms with Gasteiger partial charge in [-0.3, -0.25) is 9.20 Å². The fraction of sp³-hybridized carbons (Fsp3) is 0.286. The fourth-order valence-electron chi connectivity index (χ4n) is 3.06. The first-order valence-corrected chi connectivity index (χ1v) is 9.04. The van der Waals surface area contributed by atoms with E-state index in [4.69, 9.17) is 4.74 Å². The molecule has 2 aromatic heterocycles. The number of ether oxygens (including phenoxy) is 1. The van der Waals surface area contributed by atoms with E-state index in [9.17, 15) is 9.59 Å². The Hall–Kier alpha value is -3.15. The zero-order chi connectivity index (χ0) is 19.4. The molecule has 27 heavy (non-hydrogen) atoms. The van der Waals surface area contributed by atoms with Gasteiger partial charge in [-0.25, -0.2) is 9.78 Å². The molecule has 0 radical (unpaired) electrons. The van der Waals surface area contributed by atoms with Gasteiger partial charge in [-0.2, -0.15) is 0 Å². The zero-order valence-corrected chi connectivity index (χ0v) is 15.8. The van der Waals surface area contributed by atoms with E-state index < -0.39 is 5.97 Å². The Balaban J connectivity index is 1.72. The maximum Gasteiger partial charge on any atom is 0.338 e. The number of pyridine rings is 1.